The third-order valence-electron chi connectivity index (χ3n) is 2.24. The number of halogens is 2. The second kappa shape index (κ2) is 5.35. The lowest BCUT2D eigenvalue weighted by atomic mass is 10.1. The van der Waals surface area contributed by atoms with E-state index in [4.69, 9.17) is 0 Å². The van der Waals surface area contributed by atoms with Gasteiger partial charge in [0, 0.05) is 13.1 Å². The number of hydroxylamine groups is 1. The highest BCUT2D eigenvalue weighted by Crippen LogP contribution is 2.15. The summed E-state index contributed by atoms with van der Waals surface area (Å²) >= 11 is 0. The lowest BCUT2D eigenvalue weighted by molar-refractivity contribution is -0.388. The average molecular weight is 225 g/mol. The van der Waals surface area contributed by atoms with Crippen LogP contribution in [-0.4, -0.2) is 28.9 Å². The predicted octanol–water partition coefficient (Wildman–Crippen LogP) is 1.75. The summed E-state index contributed by atoms with van der Waals surface area (Å²) in [6.45, 7) is 2.24. The van der Waals surface area contributed by atoms with Gasteiger partial charge in [0.25, 0.3) is 0 Å². The molecule has 0 spiro atoms. The second-order valence-electron chi connectivity index (χ2n) is 3.09. The molecule has 13 heavy (non-hydrogen) atoms. The fraction of sp³-hybridized carbons (Fsp3) is 0.625. The zero-order valence-corrected chi connectivity index (χ0v) is 8.94. The summed E-state index contributed by atoms with van der Waals surface area (Å²) in [5.41, 5.74) is 1.11. The third-order valence-corrected chi connectivity index (χ3v) is 2.24. The van der Waals surface area contributed by atoms with E-state index in [0.29, 0.717) is 0 Å². The maximum absolute atomic E-state index is 10.5. The van der Waals surface area contributed by atoms with Crippen LogP contribution in [0, 0.1) is 5.21 Å². The van der Waals surface area contributed by atoms with Gasteiger partial charge in [-0.1, -0.05) is 0 Å². The summed E-state index contributed by atoms with van der Waals surface area (Å²) in [5.74, 6) is 0. The molecule has 0 aliphatic carbocycles. The van der Waals surface area contributed by atoms with Gasteiger partial charge in [-0.15, -0.1) is 24.8 Å². The summed E-state index contributed by atoms with van der Waals surface area (Å²) in [6, 6.07) is 0. The molecule has 0 aromatic heterocycles. The van der Waals surface area contributed by atoms with Crippen LogP contribution in [-0.2, 0) is 0 Å². The van der Waals surface area contributed by atoms with Crippen molar-refractivity contribution in [3.05, 3.63) is 17.1 Å². The number of piperidine rings is 1. The maximum Gasteiger partial charge on any atom is 0.210 e. The molecule has 0 radical (unpaired) electrons. The first kappa shape index (κ1) is 12.6. The van der Waals surface area contributed by atoms with E-state index in [1.54, 1.807) is 12.4 Å². The topological polar surface area (TPSA) is 29.3 Å². The first-order valence-corrected chi connectivity index (χ1v) is 4.13. The quantitative estimate of drug-likeness (QED) is 0.502. The first-order valence-electron chi connectivity index (χ1n) is 4.13. The number of hydrogen-bond acceptors (Lipinski definition) is 2. The van der Waals surface area contributed by atoms with Gasteiger partial charge < -0.3 is 10.1 Å². The van der Waals surface area contributed by atoms with E-state index in [2.05, 4.69) is 4.90 Å². The van der Waals surface area contributed by atoms with Gasteiger partial charge in [0.2, 0.25) is 12.4 Å². The Morgan fingerprint density at radius 1 is 1.15 bits per heavy atom. The van der Waals surface area contributed by atoms with Gasteiger partial charge in [0.1, 0.15) is 0 Å². The summed E-state index contributed by atoms with van der Waals surface area (Å²) in [6.07, 6.45) is 7.16. The molecule has 2 heterocycles. The van der Waals surface area contributed by atoms with Crippen molar-refractivity contribution < 1.29 is 4.74 Å². The van der Waals surface area contributed by atoms with E-state index in [1.165, 1.54) is 19.3 Å². The molecule has 5 heteroatoms. The number of allylic oxidation sites excluding steroid dienone is 1. The molecule has 3 nitrogen and oxygen atoms in total. The molecule has 0 saturated carbocycles. The normalized spacial score (nSPS) is 20.2. The standard InChI is InChI=1S/C8H12N2O.2ClH/c11-10-6-8(7-10)9-4-2-1-3-5-9;;/h6-7H,1-5H2;2*1H. The van der Waals surface area contributed by atoms with Crippen LogP contribution in [0.4, 0.5) is 0 Å². The van der Waals surface area contributed by atoms with Crippen LogP contribution in [0.5, 0.6) is 0 Å². The molecule has 0 bridgehead atoms. The van der Waals surface area contributed by atoms with Crippen LogP contribution < -0.4 is 0 Å². The van der Waals surface area contributed by atoms with E-state index in [0.717, 1.165) is 23.5 Å². The largest absolute Gasteiger partial charge is 0.619 e. The number of nitrogens with zero attached hydrogens (tertiary/aromatic N) is 2. The highest BCUT2D eigenvalue weighted by molar-refractivity contribution is 5.85. The molecule has 1 fully saturated rings. The summed E-state index contributed by atoms with van der Waals surface area (Å²) in [7, 11) is 0. The van der Waals surface area contributed by atoms with Crippen LogP contribution in [0.15, 0.2) is 11.9 Å². The van der Waals surface area contributed by atoms with Gasteiger partial charge in [-0.05, 0) is 19.3 Å². The van der Waals surface area contributed by atoms with Crippen LogP contribution in [0.3, 0.4) is 0 Å². The Bertz CT molecular complexity index is 222. The van der Waals surface area contributed by atoms with E-state index >= 15 is 0 Å². The van der Waals surface area contributed by atoms with E-state index < -0.39 is 0 Å². The van der Waals surface area contributed by atoms with Gasteiger partial charge in [-0.25, -0.2) is 0 Å². The second-order valence-corrected chi connectivity index (χ2v) is 3.09. The molecule has 0 atom stereocenters. The Hall–Kier alpha value is -0.410. The van der Waals surface area contributed by atoms with Crippen molar-refractivity contribution in [3.63, 3.8) is 0 Å². The Morgan fingerprint density at radius 3 is 2.15 bits per heavy atom. The fourth-order valence-electron chi connectivity index (χ4n) is 1.56. The number of hydrogen-bond donors (Lipinski definition) is 0. The van der Waals surface area contributed by atoms with Crippen LogP contribution in [0.25, 0.3) is 0 Å². The monoisotopic (exact) mass is 224 g/mol. The van der Waals surface area contributed by atoms with E-state index in [-0.39, 0.29) is 24.8 Å². The predicted molar refractivity (Wildman–Crippen MR) is 57.7 cm³/mol. The zero-order valence-electron chi connectivity index (χ0n) is 7.31. The van der Waals surface area contributed by atoms with Crippen LogP contribution in [0.2, 0.25) is 0 Å². The van der Waals surface area contributed by atoms with Crippen LogP contribution >= 0.6 is 24.8 Å². The minimum atomic E-state index is 0. The molecule has 0 unspecified atom stereocenters. The van der Waals surface area contributed by atoms with Gasteiger partial charge in [-0.3, -0.25) is 0 Å². The molecular weight excluding hydrogens is 211 g/mol. The Kier molecular flexibility index (Phi) is 5.18. The van der Waals surface area contributed by atoms with Crippen molar-refractivity contribution in [1.29, 1.82) is 0 Å². The first-order chi connectivity index (χ1) is 5.36. The van der Waals surface area contributed by atoms with Crippen molar-refractivity contribution in [2.75, 3.05) is 13.1 Å². The van der Waals surface area contributed by atoms with Crippen molar-refractivity contribution in [3.8, 4) is 0 Å². The van der Waals surface area contributed by atoms with Gasteiger partial charge >= 0.3 is 0 Å². The lowest BCUT2D eigenvalue weighted by Gasteiger charge is -2.29. The lowest BCUT2D eigenvalue weighted by Crippen LogP contribution is -2.34. The van der Waals surface area contributed by atoms with Crippen LogP contribution in [0.1, 0.15) is 19.3 Å². The molecular formula is C8H14Cl2N2O. The smallest absolute Gasteiger partial charge is 0.210 e. The average Bonchev–Trinajstić information content (AvgIpc) is 2.01. The Balaban J connectivity index is 0.000000720. The molecule has 2 rings (SSSR count). The molecule has 0 aromatic carbocycles. The Morgan fingerprint density at radius 2 is 1.69 bits per heavy atom. The van der Waals surface area contributed by atoms with E-state index in [1.807, 2.05) is 0 Å². The molecule has 0 amide bonds. The third kappa shape index (κ3) is 2.78. The molecule has 2 aliphatic heterocycles. The maximum atomic E-state index is 10.5. The van der Waals surface area contributed by atoms with Gasteiger partial charge in [0.15, 0.2) is 5.70 Å². The molecule has 0 N–H and O–H groups in total. The zero-order chi connectivity index (χ0) is 7.68. The number of rotatable bonds is 1. The highest BCUT2D eigenvalue weighted by Gasteiger charge is 2.20. The van der Waals surface area contributed by atoms with Crippen molar-refractivity contribution >= 4 is 31.0 Å². The van der Waals surface area contributed by atoms with Crippen molar-refractivity contribution in [2.45, 2.75) is 19.3 Å². The Labute approximate surface area is 90.5 Å². The summed E-state index contributed by atoms with van der Waals surface area (Å²) in [5, 5.41) is 10.5. The SMILES string of the molecule is Cl.Cl.[O-][N+]1=CC(N2CCCCC2)=C1. The van der Waals surface area contributed by atoms with Crippen molar-refractivity contribution in [1.82, 2.24) is 4.90 Å². The molecule has 76 valence electrons. The van der Waals surface area contributed by atoms with Crippen molar-refractivity contribution in [2.24, 2.45) is 0 Å². The molecule has 1 saturated heterocycles. The van der Waals surface area contributed by atoms with E-state index in [9.17, 15) is 5.21 Å². The molecule has 0 aromatic rings. The summed E-state index contributed by atoms with van der Waals surface area (Å²) < 4.78 is 0.865. The minimum Gasteiger partial charge on any atom is -0.619 e. The summed E-state index contributed by atoms with van der Waals surface area (Å²) in [4.78, 5) is 2.28. The van der Waals surface area contributed by atoms with Gasteiger partial charge in [0.05, 0.1) is 0 Å². The minimum absolute atomic E-state index is 0. The fourth-order valence-corrected chi connectivity index (χ4v) is 1.56. The highest BCUT2D eigenvalue weighted by atomic mass is 35.5. The number of likely N-dealkylation sites (tertiary alicyclic amines) is 1. The molecule has 2 aliphatic rings. The van der Waals surface area contributed by atoms with Gasteiger partial charge in [-0.2, -0.15) is 4.74 Å².